The second-order valence-electron chi connectivity index (χ2n) is 6.78. The van der Waals surface area contributed by atoms with Gasteiger partial charge in [0.1, 0.15) is 11.5 Å². The quantitative estimate of drug-likeness (QED) is 0.848. The molecule has 0 spiro atoms. The summed E-state index contributed by atoms with van der Waals surface area (Å²) in [6, 6.07) is 4.28. The maximum Gasteiger partial charge on any atom is 0.268 e. The number of hydrogen-bond donors (Lipinski definition) is 0. The average Bonchev–Trinajstić information content (AvgIpc) is 2.89. The molecule has 126 valence electrons. The number of aryl methyl sites for hydroxylation is 4. The van der Waals surface area contributed by atoms with Gasteiger partial charge in [-0.25, -0.2) is 0 Å². The summed E-state index contributed by atoms with van der Waals surface area (Å²) < 4.78 is 11.1. The van der Waals surface area contributed by atoms with E-state index in [4.69, 9.17) is 9.26 Å². The zero-order chi connectivity index (χ0) is 16.8. The van der Waals surface area contributed by atoms with Crippen LogP contribution in [0.15, 0.2) is 16.7 Å². The Morgan fingerprint density at radius 3 is 2.58 bits per heavy atom. The van der Waals surface area contributed by atoms with E-state index in [2.05, 4.69) is 17.3 Å². The maximum atomic E-state index is 12.8. The molecule has 0 bridgehead atoms. The van der Waals surface area contributed by atoms with Gasteiger partial charge >= 0.3 is 0 Å². The van der Waals surface area contributed by atoms with Crippen molar-refractivity contribution in [3.8, 4) is 5.75 Å². The van der Waals surface area contributed by atoms with Gasteiger partial charge in [0, 0.05) is 5.56 Å². The fourth-order valence-corrected chi connectivity index (χ4v) is 3.68. The summed E-state index contributed by atoms with van der Waals surface area (Å²) in [4.78, 5) is 14.6. The molecule has 1 aromatic heterocycles. The van der Waals surface area contributed by atoms with Crippen LogP contribution in [0.4, 0.5) is 5.69 Å². The molecule has 4 rings (SSSR count). The number of carbonyl (C=O) groups excluding carboxylic acids is 1. The van der Waals surface area contributed by atoms with Gasteiger partial charge in [-0.05, 0) is 69.7 Å². The van der Waals surface area contributed by atoms with Crippen molar-refractivity contribution >= 4 is 11.6 Å². The molecular formula is C19H22N2O3. The van der Waals surface area contributed by atoms with Crippen LogP contribution in [0.2, 0.25) is 0 Å². The summed E-state index contributed by atoms with van der Waals surface area (Å²) >= 11 is 0. The second kappa shape index (κ2) is 5.65. The van der Waals surface area contributed by atoms with E-state index in [1.165, 1.54) is 24.0 Å². The van der Waals surface area contributed by atoms with E-state index in [1.807, 2.05) is 25.7 Å². The van der Waals surface area contributed by atoms with Gasteiger partial charge in [0.2, 0.25) is 0 Å². The third-order valence-corrected chi connectivity index (χ3v) is 5.13. The molecule has 1 aliphatic heterocycles. The van der Waals surface area contributed by atoms with Crippen molar-refractivity contribution in [2.75, 3.05) is 4.90 Å². The number of ether oxygens (including phenoxy) is 1. The summed E-state index contributed by atoms with van der Waals surface area (Å²) in [7, 11) is 0. The number of anilines is 1. The van der Waals surface area contributed by atoms with Crippen molar-refractivity contribution in [1.29, 1.82) is 0 Å². The molecule has 1 atom stereocenters. The molecule has 1 unspecified atom stereocenters. The largest absolute Gasteiger partial charge is 0.479 e. The Morgan fingerprint density at radius 2 is 1.92 bits per heavy atom. The van der Waals surface area contributed by atoms with E-state index >= 15 is 0 Å². The molecule has 1 amide bonds. The zero-order valence-electron chi connectivity index (χ0n) is 14.4. The fraction of sp³-hybridized carbons (Fsp3) is 0.474. The Morgan fingerprint density at radius 1 is 1.21 bits per heavy atom. The minimum Gasteiger partial charge on any atom is -0.479 e. The molecule has 24 heavy (non-hydrogen) atoms. The molecule has 5 nitrogen and oxygen atoms in total. The van der Waals surface area contributed by atoms with Gasteiger partial charge in [0.05, 0.1) is 17.9 Å². The minimum atomic E-state index is -0.473. The van der Waals surface area contributed by atoms with Crippen molar-refractivity contribution in [3.05, 3.63) is 40.3 Å². The molecule has 0 N–H and O–H groups in total. The van der Waals surface area contributed by atoms with Crippen LogP contribution in [0, 0.1) is 13.8 Å². The van der Waals surface area contributed by atoms with Gasteiger partial charge in [-0.15, -0.1) is 0 Å². The predicted octanol–water partition coefficient (Wildman–Crippen LogP) is 3.48. The van der Waals surface area contributed by atoms with Gasteiger partial charge < -0.3 is 14.2 Å². The SMILES string of the molecule is Cc1noc(C)c1CN1C(=O)C(C)Oc2cc3c(cc21)CCCC3. The Bertz CT molecular complexity index is 790. The highest BCUT2D eigenvalue weighted by atomic mass is 16.5. The Hall–Kier alpha value is -2.30. The number of rotatable bonds is 2. The van der Waals surface area contributed by atoms with Crippen molar-refractivity contribution in [3.63, 3.8) is 0 Å². The standard InChI is InChI=1S/C19H22N2O3/c1-11-16(12(2)24-20-11)10-21-17-8-14-6-4-5-7-15(14)9-18(17)23-13(3)19(21)22/h8-9,13H,4-7,10H2,1-3H3. The predicted molar refractivity (Wildman–Crippen MR) is 90.3 cm³/mol. The number of amides is 1. The van der Waals surface area contributed by atoms with Gasteiger partial charge in [0.15, 0.2) is 6.10 Å². The summed E-state index contributed by atoms with van der Waals surface area (Å²) in [5, 5.41) is 4.01. The van der Waals surface area contributed by atoms with E-state index in [0.717, 1.165) is 41.3 Å². The molecular weight excluding hydrogens is 304 g/mol. The van der Waals surface area contributed by atoms with Gasteiger partial charge in [-0.2, -0.15) is 0 Å². The topological polar surface area (TPSA) is 55.6 Å². The molecule has 0 saturated heterocycles. The van der Waals surface area contributed by atoms with Crippen LogP contribution in [-0.2, 0) is 24.2 Å². The first-order chi connectivity index (χ1) is 11.5. The Labute approximate surface area is 141 Å². The molecule has 5 heteroatoms. The lowest BCUT2D eigenvalue weighted by Gasteiger charge is -2.34. The molecule has 2 aliphatic rings. The first-order valence-corrected chi connectivity index (χ1v) is 8.60. The number of fused-ring (bicyclic) bond motifs is 2. The van der Waals surface area contributed by atoms with Crippen molar-refractivity contribution in [1.82, 2.24) is 5.16 Å². The maximum absolute atomic E-state index is 12.8. The smallest absolute Gasteiger partial charge is 0.268 e. The third kappa shape index (κ3) is 2.39. The number of benzene rings is 1. The molecule has 0 radical (unpaired) electrons. The lowest BCUT2D eigenvalue weighted by atomic mass is 9.90. The van der Waals surface area contributed by atoms with E-state index in [9.17, 15) is 4.79 Å². The van der Waals surface area contributed by atoms with E-state index in [1.54, 1.807) is 0 Å². The summed E-state index contributed by atoms with van der Waals surface area (Å²) in [6.07, 6.45) is 4.13. The molecule has 2 heterocycles. The van der Waals surface area contributed by atoms with Crippen LogP contribution in [0.1, 0.15) is 47.9 Å². The lowest BCUT2D eigenvalue weighted by molar-refractivity contribution is -0.125. The van der Waals surface area contributed by atoms with Crippen LogP contribution in [0.5, 0.6) is 5.75 Å². The first kappa shape index (κ1) is 15.2. The summed E-state index contributed by atoms with van der Waals surface area (Å²) in [5.41, 5.74) is 5.38. The molecule has 2 aromatic rings. The van der Waals surface area contributed by atoms with Gasteiger partial charge in [-0.1, -0.05) is 5.16 Å². The first-order valence-electron chi connectivity index (χ1n) is 8.60. The van der Waals surface area contributed by atoms with Crippen LogP contribution in [0.25, 0.3) is 0 Å². The monoisotopic (exact) mass is 326 g/mol. The molecule has 1 aromatic carbocycles. The molecule has 0 fully saturated rings. The van der Waals surface area contributed by atoms with Gasteiger partial charge in [-0.3, -0.25) is 4.79 Å². The van der Waals surface area contributed by atoms with E-state index in [-0.39, 0.29) is 5.91 Å². The van der Waals surface area contributed by atoms with E-state index in [0.29, 0.717) is 6.54 Å². The van der Waals surface area contributed by atoms with Crippen molar-refractivity contribution in [2.24, 2.45) is 0 Å². The van der Waals surface area contributed by atoms with Crippen molar-refractivity contribution in [2.45, 2.75) is 59.1 Å². The number of carbonyl (C=O) groups is 1. The highest BCUT2D eigenvalue weighted by Gasteiger charge is 2.33. The summed E-state index contributed by atoms with van der Waals surface area (Å²) in [5.74, 6) is 1.56. The Kier molecular flexibility index (Phi) is 3.59. The minimum absolute atomic E-state index is 0.0155. The Balaban J connectivity index is 1.78. The second-order valence-corrected chi connectivity index (χ2v) is 6.78. The normalized spacial score (nSPS) is 19.7. The van der Waals surface area contributed by atoms with Crippen LogP contribution < -0.4 is 9.64 Å². The third-order valence-electron chi connectivity index (χ3n) is 5.13. The van der Waals surface area contributed by atoms with E-state index < -0.39 is 6.10 Å². The lowest BCUT2D eigenvalue weighted by Crippen LogP contribution is -2.44. The van der Waals surface area contributed by atoms with Crippen LogP contribution in [0.3, 0.4) is 0 Å². The highest BCUT2D eigenvalue weighted by Crippen LogP contribution is 2.39. The van der Waals surface area contributed by atoms with Crippen molar-refractivity contribution < 1.29 is 14.1 Å². The zero-order valence-corrected chi connectivity index (χ0v) is 14.4. The van der Waals surface area contributed by atoms with Crippen LogP contribution >= 0.6 is 0 Å². The number of aromatic nitrogens is 1. The van der Waals surface area contributed by atoms with Crippen LogP contribution in [-0.4, -0.2) is 17.2 Å². The summed E-state index contributed by atoms with van der Waals surface area (Å²) in [6.45, 7) is 6.08. The number of hydrogen-bond acceptors (Lipinski definition) is 4. The molecule has 0 saturated carbocycles. The highest BCUT2D eigenvalue weighted by molar-refractivity contribution is 6.00. The number of nitrogens with zero attached hydrogens (tertiary/aromatic N) is 2. The molecule has 1 aliphatic carbocycles. The fourth-order valence-electron chi connectivity index (χ4n) is 3.68. The average molecular weight is 326 g/mol. The van der Waals surface area contributed by atoms with Gasteiger partial charge in [0.25, 0.3) is 5.91 Å².